The standard InChI is InChI=1S/C12H23N3/c1-4-5-8-15-12(6-7-14-15)10-13-9-11(2)3/h6-7,11,13H,4-5,8-10H2,1-3H3. The van der Waals surface area contributed by atoms with Gasteiger partial charge in [0, 0.05) is 19.3 Å². The van der Waals surface area contributed by atoms with Crippen molar-refractivity contribution in [3.8, 4) is 0 Å². The van der Waals surface area contributed by atoms with Crippen LogP contribution >= 0.6 is 0 Å². The van der Waals surface area contributed by atoms with E-state index < -0.39 is 0 Å². The van der Waals surface area contributed by atoms with Crippen LogP contribution in [0.15, 0.2) is 12.3 Å². The molecule has 0 amide bonds. The van der Waals surface area contributed by atoms with Crippen molar-refractivity contribution in [1.29, 1.82) is 0 Å². The zero-order valence-electron chi connectivity index (χ0n) is 10.2. The lowest BCUT2D eigenvalue weighted by Gasteiger charge is -2.09. The number of nitrogens with one attached hydrogen (secondary N) is 1. The van der Waals surface area contributed by atoms with Crippen molar-refractivity contribution in [3.05, 3.63) is 18.0 Å². The summed E-state index contributed by atoms with van der Waals surface area (Å²) >= 11 is 0. The number of unbranched alkanes of at least 4 members (excludes halogenated alkanes) is 1. The summed E-state index contributed by atoms with van der Waals surface area (Å²) in [6.45, 7) is 9.70. The molecule has 0 bridgehead atoms. The third-order valence-corrected chi connectivity index (χ3v) is 2.39. The van der Waals surface area contributed by atoms with Crippen molar-refractivity contribution < 1.29 is 0 Å². The molecule has 0 aromatic carbocycles. The monoisotopic (exact) mass is 209 g/mol. The second-order valence-electron chi connectivity index (χ2n) is 4.42. The highest BCUT2D eigenvalue weighted by molar-refractivity contribution is 4.99. The van der Waals surface area contributed by atoms with Gasteiger partial charge in [-0.2, -0.15) is 5.10 Å². The summed E-state index contributed by atoms with van der Waals surface area (Å²) in [6.07, 6.45) is 4.32. The van der Waals surface area contributed by atoms with Crippen LogP contribution in [-0.4, -0.2) is 16.3 Å². The van der Waals surface area contributed by atoms with Crippen molar-refractivity contribution in [2.24, 2.45) is 5.92 Å². The molecule has 0 unspecified atom stereocenters. The molecule has 0 spiro atoms. The van der Waals surface area contributed by atoms with Gasteiger partial charge >= 0.3 is 0 Å². The maximum atomic E-state index is 4.33. The van der Waals surface area contributed by atoms with E-state index in [0.717, 1.165) is 19.6 Å². The lowest BCUT2D eigenvalue weighted by molar-refractivity contribution is 0.506. The van der Waals surface area contributed by atoms with E-state index in [0.29, 0.717) is 5.92 Å². The minimum atomic E-state index is 0.706. The smallest absolute Gasteiger partial charge is 0.0522 e. The van der Waals surface area contributed by atoms with Crippen LogP contribution in [0.1, 0.15) is 39.3 Å². The number of nitrogens with zero attached hydrogens (tertiary/aromatic N) is 2. The van der Waals surface area contributed by atoms with Gasteiger partial charge in [0.15, 0.2) is 0 Å². The molecule has 1 N–H and O–H groups in total. The maximum absolute atomic E-state index is 4.33. The van der Waals surface area contributed by atoms with Crippen LogP contribution in [0.5, 0.6) is 0 Å². The molecule has 0 aliphatic carbocycles. The normalized spacial score (nSPS) is 11.2. The fourth-order valence-corrected chi connectivity index (χ4v) is 1.51. The fraction of sp³-hybridized carbons (Fsp3) is 0.750. The van der Waals surface area contributed by atoms with Crippen molar-refractivity contribution in [1.82, 2.24) is 15.1 Å². The van der Waals surface area contributed by atoms with Crippen LogP contribution < -0.4 is 5.32 Å². The van der Waals surface area contributed by atoms with Crippen molar-refractivity contribution in [2.45, 2.75) is 46.7 Å². The van der Waals surface area contributed by atoms with Gasteiger partial charge < -0.3 is 5.32 Å². The SMILES string of the molecule is CCCCn1nccc1CNCC(C)C. The molecule has 3 nitrogen and oxygen atoms in total. The highest BCUT2D eigenvalue weighted by atomic mass is 15.3. The van der Waals surface area contributed by atoms with Gasteiger partial charge in [0.1, 0.15) is 0 Å². The molecule has 1 rings (SSSR count). The Labute approximate surface area is 92.9 Å². The molecule has 1 aromatic rings. The van der Waals surface area contributed by atoms with E-state index in [1.807, 2.05) is 6.20 Å². The largest absolute Gasteiger partial charge is 0.311 e. The molecule has 0 aliphatic rings. The second-order valence-corrected chi connectivity index (χ2v) is 4.42. The predicted molar refractivity (Wildman–Crippen MR) is 63.7 cm³/mol. The first-order chi connectivity index (χ1) is 7.24. The van der Waals surface area contributed by atoms with Crippen LogP contribution in [0.25, 0.3) is 0 Å². The number of aromatic nitrogens is 2. The van der Waals surface area contributed by atoms with Crippen LogP contribution in [0.4, 0.5) is 0 Å². The number of hydrogen-bond donors (Lipinski definition) is 1. The summed E-state index contributed by atoms with van der Waals surface area (Å²) in [4.78, 5) is 0. The van der Waals surface area contributed by atoms with E-state index in [1.54, 1.807) is 0 Å². The van der Waals surface area contributed by atoms with Crippen LogP contribution in [-0.2, 0) is 13.1 Å². The van der Waals surface area contributed by atoms with E-state index >= 15 is 0 Å². The zero-order valence-corrected chi connectivity index (χ0v) is 10.2. The minimum absolute atomic E-state index is 0.706. The second kappa shape index (κ2) is 6.62. The third kappa shape index (κ3) is 4.47. The first kappa shape index (κ1) is 12.2. The zero-order chi connectivity index (χ0) is 11.1. The van der Waals surface area contributed by atoms with Crippen LogP contribution in [0, 0.1) is 5.92 Å². The number of hydrogen-bond acceptors (Lipinski definition) is 2. The Hall–Kier alpha value is -0.830. The summed E-state index contributed by atoms with van der Waals surface area (Å²) in [6, 6.07) is 2.10. The van der Waals surface area contributed by atoms with Gasteiger partial charge in [-0.3, -0.25) is 4.68 Å². The van der Waals surface area contributed by atoms with Gasteiger partial charge in [-0.25, -0.2) is 0 Å². The van der Waals surface area contributed by atoms with E-state index in [1.165, 1.54) is 18.5 Å². The van der Waals surface area contributed by atoms with Gasteiger partial charge in [-0.15, -0.1) is 0 Å². The molecule has 86 valence electrons. The van der Waals surface area contributed by atoms with Crippen molar-refractivity contribution >= 4 is 0 Å². The summed E-state index contributed by atoms with van der Waals surface area (Å²) in [5.74, 6) is 0.706. The van der Waals surface area contributed by atoms with Crippen LogP contribution in [0.2, 0.25) is 0 Å². The molecule has 0 saturated heterocycles. The Morgan fingerprint density at radius 2 is 2.27 bits per heavy atom. The van der Waals surface area contributed by atoms with Gasteiger partial charge in [-0.1, -0.05) is 27.2 Å². The lowest BCUT2D eigenvalue weighted by Crippen LogP contribution is -2.21. The Morgan fingerprint density at radius 3 is 2.93 bits per heavy atom. The van der Waals surface area contributed by atoms with Gasteiger partial charge in [0.05, 0.1) is 5.69 Å². The van der Waals surface area contributed by atoms with Crippen LogP contribution in [0.3, 0.4) is 0 Å². The summed E-state index contributed by atoms with van der Waals surface area (Å²) < 4.78 is 2.11. The Kier molecular flexibility index (Phi) is 5.40. The molecule has 0 fully saturated rings. The third-order valence-electron chi connectivity index (χ3n) is 2.39. The molecular formula is C12H23N3. The fourth-order valence-electron chi connectivity index (χ4n) is 1.51. The molecule has 3 heteroatoms. The Bertz CT molecular complexity index is 266. The quantitative estimate of drug-likeness (QED) is 0.747. The lowest BCUT2D eigenvalue weighted by atomic mass is 10.2. The number of rotatable bonds is 7. The first-order valence-electron chi connectivity index (χ1n) is 5.95. The van der Waals surface area contributed by atoms with Crippen molar-refractivity contribution in [2.75, 3.05) is 6.54 Å². The summed E-state index contributed by atoms with van der Waals surface area (Å²) in [5, 5.41) is 7.77. The average molecular weight is 209 g/mol. The van der Waals surface area contributed by atoms with Gasteiger partial charge in [-0.05, 0) is 24.9 Å². The number of aryl methyl sites for hydroxylation is 1. The average Bonchev–Trinajstić information content (AvgIpc) is 2.62. The van der Waals surface area contributed by atoms with E-state index in [4.69, 9.17) is 0 Å². The molecule has 0 saturated carbocycles. The molecule has 0 aliphatic heterocycles. The van der Waals surface area contributed by atoms with E-state index in [-0.39, 0.29) is 0 Å². The molecule has 15 heavy (non-hydrogen) atoms. The van der Waals surface area contributed by atoms with Gasteiger partial charge in [0.2, 0.25) is 0 Å². The van der Waals surface area contributed by atoms with E-state index in [9.17, 15) is 0 Å². The maximum Gasteiger partial charge on any atom is 0.0522 e. The molecule has 1 aromatic heterocycles. The highest BCUT2D eigenvalue weighted by Gasteiger charge is 2.01. The van der Waals surface area contributed by atoms with E-state index in [2.05, 4.69) is 41.9 Å². The molecule has 1 heterocycles. The molecule has 0 radical (unpaired) electrons. The molecular weight excluding hydrogens is 186 g/mol. The summed E-state index contributed by atoms with van der Waals surface area (Å²) in [7, 11) is 0. The predicted octanol–water partition coefficient (Wildman–Crippen LogP) is 2.43. The highest BCUT2D eigenvalue weighted by Crippen LogP contribution is 2.01. The van der Waals surface area contributed by atoms with Crippen molar-refractivity contribution in [3.63, 3.8) is 0 Å². The Morgan fingerprint density at radius 1 is 1.47 bits per heavy atom. The molecule has 0 atom stereocenters. The first-order valence-corrected chi connectivity index (χ1v) is 5.95. The Balaban J connectivity index is 2.35. The topological polar surface area (TPSA) is 29.9 Å². The minimum Gasteiger partial charge on any atom is -0.311 e. The summed E-state index contributed by atoms with van der Waals surface area (Å²) in [5.41, 5.74) is 1.30. The van der Waals surface area contributed by atoms with Gasteiger partial charge in [0.25, 0.3) is 0 Å².